The van der Waals surface area contributed by atoms with Gasteiger partial charge in [-0.1, -0.05) is 28.8 Å². The Bertz CT molecular complexity index is 463. The second-order valence-corrected chi connectivity index (χ2v) is 3.52. The molecule has 0 bridgehead atoms. The molecule has 0 amide bonds. The molecule has 0 fully saturated rings. The van der Waals surface area contributed by atoms with Crippen molar-refractivity contribution < 1.29 is 10.00 Å². The fourth-order valence-corrected chi connectivity index (χ4v) is 1.85. The summed E-state index contributed by atoms with van der Waals surface area (Å²) in [4.78, 5) is 3.09. The van der Waals surface area contributed by atoms with Gasteiger partial charge in [0.2, 0.25) is 0 Å². The quantitative estimate of drug-likeness (QED) is 0.342. The Kier molecular flexibility index (Phi) is 2.66. The molecule has 4 nitrogen and oxygen atoms in total. The Balaban J connectivity index is 2.59. The molecule has 1 aliphatic rings. The molecule has 0 spiro atoms. The van der Waals surface area contributed by atoms with E-state index in [1.165, 1.54) is 0 Å². The Hall–Kier alpha value is -1.45. The van der Waals surface area contributed by atoms with E-state index in [2.05, 4.69) is 4.79 Å². The number of halogens is 1. The van der Waals surface area contributed by atoms with Gasteiger partial charge in [0.05, 0.1) is 0 Å². The second-order valence-electron chi connectivity index (χ2n) is 3.18. The first-order valence-electron chi connectivity index (χ1n) is 4.37. The molecule has 0 heterocycles. The molecule has 2 rings (SSSR count). The van der Waals surface area contributed by atoms with Crippen molar-refractivity contribution in [3.05, 3.63) is 47.0 Å². The molecule has 1 aliphatic carbocycles. The van der Waals surface area contributed by atoms with Crippen LogP contribution < -0.4 is 0 Å². The molecule has 1 atom stereocenters. The summed E-state index contributed by atoms with van der Waals surface area (Å²) < 4.78 is 0.511. The van der Waals surface area contributed by atoms with E-state index >= 15 is 0 Å². The third kappa shape index (κ3) is 1.71. The Morgan fingerprint density at radius 1 is 1.33 bits per heavy atom. The lowest BCUT2D eigenvalue weighted by Gasteiger charge is -2.20. The highest BCUT2D eigenvalue weighted by Crippen LogP contribution is 2.30. The van der Waals surface area contributed by atoms with Crippen LogP contribution in [0.5, 0.6) is 0 Å². The van der Waals surface area contributed by atoms with Crippen LogP contribution in [0.15, 0.2) is 30.3 Å². The number of benzene rings is 1. The molecule has 15 heavy (non-hydrogen) atoms. The number of hydroxylamine groups is 1. The molecule has 5 heteroatoms. The average molecular weight is 222 g/mol. The molecule has 76 valence electrons. The summed E-state index contributed by atoms with van der Waals surface area (Å²) in [5.74, 6) is 0. The highest BCUT2D eigenvalue weighted by atomic mass is 35.5. The minimum absolute atomic E-state index is 0.297. The summed E-state index contributed by atoms with van der Waals surface area (Å²) in [6.45, 7) is 0. The van der Waals surface area contributed by atoms with Crippen molar-refractivity contribution in [3.63, 3.8) is 0 Å². The minimum Gasteiger partial charge on any atom is -0.361 e. The highest BCUT2D eigenvalue weighted by molar-refractivity contribution is 6.15. The SMILES string of the molecule is [N-]=[N+]=C1C=Cc2ccccc2C1N(O)Cl. The second kappa shape index (κ2) is 3.96. The summed E-state index contributed by atoms with van der Waals surface area (Å²) in [5.41, 5.74) is 10.8. The van der Waals surface area contributed by atoms with Crippen LogP contribution >= 0.6 is 11.8 Å². The number of fused-ring (bicyclic) bond motifs is 1. The maximum absolute atomic E-state index is 9.30. The van der Waals surface area contributed by atoms with E-state index in [0.29, 0.717) is 10.3 Å². The number of hydrogen-bond donors (Lipinski definition) is 1. The number of hydrogen-bond acceptors (Lipinski definition) is 2. The van der Waals surface area contributed by atoms with Gasteiger partial charge in [0.15, 0.2) is 6.04 Å². The van der Waals surface area contributed by atoms with Crippen LogP contribution in [0.2, 0.25) is 0 Å². The van der Waals surface area contributed by atoms with E-state index in [0.717, 1.165) is 11.1 Å². The lowest BCUT2D eigenvalue weighted by atomic mass is 9.92. The van der Waals surface area contributed by atoms with E-state index in [1.807, 2.05) is 24.3 Å². The molecule has 0 saturated heterocycles. The predicted molar refractivity (Wildman–Crippen MR) is 56.3 cm³/mol. The van der Waals surface area contributed by atoms with Crippen LogP contribution in [-0.2, 0) is 0 Å². The van der Waals surface area contributed by atoms with Crippen LogP contribution in [-0.4, -0.2) is 20.3 Å². The van der Waals surface area contributed by atoms with E-state index in [4.69, 9.17) is 17.3 Å². The van der Waals surface area contributed by atoms with Gasteiger partial charge in [0.1, 0.15) is 0 Å². The highest BCUT2D eigenvalue weighted by Gasteiger charge is 2.32. The monoisotopic (exact) mass is 221 g/mol. The van der Waals surface area contributed by atoms with Gasteiger partial charge in [0.25, 0.3) is 0 Å². The van der Waals surface area contributed by atoms with Crippen molar-refractivity contribution >= 4 is 23.6 Å². The molecule has 0 aliphatic heterocycles. The third-order valence-electron chi connectivity index (χ3n) is 2.33. The first-order chi connectivity index (χ1) is 7.24. The van der Waals surface area contributed by atoms with Crippen molar-refractivity contribution in [1.82, 2.24) is 4.58 Å². The predicted octanol–water partition coefficient (Wildman–Crippen LogP) is 2.27. The first kappa shape index (κ1) is 10.1. The van der Waals surface area contributed by atoms with Gasteiger partial charge in [-0.2, -0.15) is 4.79 Å². The van der Waals surface area contributed by atoms with Crippen LogP contribution in [0.3, 0.4) is 0 Å². The standard InChI is InChI=1S/C10H8ClN3O/c11-14(15)10-8-4-2-1-3-7(8)5-6-9(10)13-12/h1-6,10,15H. The van der Waals surface area contributed by atoms with Crippen LogP contribution in [0, 0.1) is 0 Å². The molecule has 1 unspecified atom stereocenters. The number of rotatable bonds is 1. The Labute approximate surface area is 91.7 Å². The molecular formula is C10H8ClN3O. The smallest absolute Gasteiger partial charge is 0.317 e. The molecule has 1 N–H and O–H groups in total. The Morgan fingerprint density at radius 2 is 2.07 bits per heavy atom. The Morgan fingerprint density at radius 3 is 2.73 bits per heavy atom. The molecule has 1 aromatic carbocycles. The van der Waals surface area contributed by atoms with Gasteiger partial charge < -0.3 is 5.53 Å². The zero-order valence-electron chi connectivity index (χ0n) is 7.71. The molecule has 1 aromatic rings. The van der Waals surface area contributed by atoms with E-state index in [1.54, 1.807) is 12.2 Å². The van der Waals surface area contributed by atoms with Crippen molar-refractivity contribution in [2.45, 2.75) is 6.04 Å². The summed E-state index contributed by atoms with van der Waals surface area (Å²) >= 11 is 5.52. The summed E-state index contributed by atoms with van der Waals surface area (Å²) in [7, 11) is 0. The first-order valence-corrected chi connectivity index (χ1v) is 4.70. The molecule has 0 aromatic heterocycles. The van der Waals surface area contributed by atoms with Crippen LogP contribution in [0.4, 0.5) is 0 Å². The maximum Gasteiger partial charge on any atom is 0.317 e. The molecule has 0 saturated carbocycles. The van der Waals surface area contributed by atoms with Crippen LogP contribution in [0.1, 0.15) is 17.2 Å². The minimum atomic E-state index is -0.641. The third-order valence-corrected chi connectivity index (χ3v) is 2.53. The zero-order chi connectivity index (χ0) is 10.8. The average Bonchev–Trinajstić information content (AvgIpc) is 2.27. The van der Waals surface area contributed by atoms with E-state index in [9.17, 15) is 5.21 Å². The van der Waals surface area contributed by atoms with Gasteiger partial charge in [0, 0.05) is 17.9 Å². The van der Waals surface area contributed by atoms with Crippen LogP contribution in [0.25, 0.3) is 11.6 Å². The van der Waals surface area contributed by atoms with Crippen molar-refractivity contribution in [1.29, 1.82) is 0 Å². The van der Waals surface area contributed by atoms with Gasteiger partial charge in [-0.25, -0.2) is 0 Å². The summed E-state index contributed by atoms with van der Waals surface area (Å²) in [6, 6.07) is 6.79. The van der Waals surface area contributed by atoms with Gasteiger partial charge in [-0.05, 0) is 17.2 Å². The topological polar surface area (TPSA) is 59.9 Å². The molecule has 0 radical (unpaired) electrons. The normalized spacial score (nSPS) is 18.9. The summed E-state index contributed by atoms with van der Waals surface area (Å²) in [5, 5.41) is 9.30. The van der Waals surface area contributed by atoms with E-state index in [-0.39, 0.29) is 0 Å². The fraction of sp³-hybridized carbons (Fsp3) is 0.100. The lowest BCUT2D eigenvalue weighted by Crippen LogP contribution is -2.26. The van der Waals surface area contributed by atoms with Gasteiger partial charge in [-0.3, -0.25) is 5.21 Å². The van der Waals surface area contributed by atoms with Crippen molar-refractivity contribution in [2.24, 2.45) is 0 Å². The van der Waals surface area contributed by atoms with Crippen molar-refractivity contribution in [3.8, 4) is 0 Å². The maximum atomic E-state index is 9.30. The zero-order valence-corrected chi connectivity index (χ0v) is 8.46. The largest absolute Gasteiger partial charge is 0.361 e. The van der Waals surface area contributed by atoms with Crippen molar-refractivity contribution in [2.75, 3.05) is 0 Å². The van der Waals surface area contributed by atoms with Gasteiger partial charge >= 0.3 is 5.71 Å². The van der Waals surface area contributed by atoms with E-state index < -0.39 is 6.04 Å². The molecular weight excluding hydrogens is 214 g/mol. The number of nitrogens with zero attached hydrogens (tertiary/aromatic N) is 3. The van der Waals surface area contributed by atoms with Gasteiger partial charge in [-0.15, -0.1) is 0 Å². The lowest BCUT2D eigenvalue weighted by molar-refractivity contribution is -0.0501. The summed E-state index contributed by atoms with van der Waals surface area (Å²) in [6.07, 6.45) is 3.42. The fourth-order valence-electron chi connectivity index (χ4n) is 1.65.